The van der Waals surface area contributed by atoms with Crippen LogP contribution in [0.25, 0.3) is 0 Å². The van der Waals surface area contributed by atoms with E-state index in [4.69, 9.17) is 4.84 Å². The number of rotatable bonds is 19. The lowest BCUT2D eigenvalue weighted by Crippen LogP contribution is -2.28. The second-order valence-corrected chi connectivity index (χ2v) is 8.47. The summed E-state index contributed by atoms with van der Waals surface area (Å²) in [5.74, 6) is -0.313. The van der Waals surface area contributed by atoms with Crippen LogP contribution < -0.4 is 0 Å². The van der Waals surface area contributed by atoms with Gasteiger partial charge < -0.3 is 4.84 Å². The normalized spacial score (nSPS) is 14.0. The van der Waals surface area contributed by atoms with Gasteiger partial charge in [0.1, 0.15) is 0 Å². The summed E-state index contributed by atoms with van der Waals surface area (Å²) < 4.78 is 0. The number of amides is 1. The average Bonchev–Trinajstić information content (AvgIpc) is 3.08. The molecule has 28 heavy (non-hydrogen) atoms. The molecule has 0 N–H and O–H groups in total. The molecule has 4 nitrogen and oxygen atoms in total. The zero-order valence-corrected chi connectivity index (χ0v) is 18.5. The first-order valence-electron chi connectivity index (χ1n) is 12.2. The largest absolute Gasteiger partial charge is 0.338 e. The highest BCUT2D eigenvalue weighted by Crippen LogP contribution is 2.15. The molecule has 4 heteroatoms. The maximum absolute atomic E-state index is 11.7. The molecule has 1 fully saturated rings. The molecule has 0 aromatic carbocycles. The van der Waals surface area contributed by atoms with Crippen LogP contribution in [0.4, 0.5) is 0 Å². The SMILES string of the molecule is CCCCCCCCCCCCCCCCCCCC(=O)ON1CCCC1=O. The molecular weight excluding hydrogens is 350 g/mol. The van der Waals surface area contributed by atoms with Crippen molar-refractivity contribution in [3.8, 4) is 0 Å². The van der Waals surface area contributed by atoms with E-state index >= 15 is 0 Å². The summed E-state index contributed by atoms with van der Waals surface area (Å²) >= 11 is 0. The third-order valence-electron chi connectivity index (χ3n) is 5.73. The molecule has 0 spiro atoms. The van der Waals surface area contributed by atoms with Gasteiger partial charge in [-0.15, -0.1) is 0 Å². The number of nitrogens with zero attached hydrogens (tertiary/aromatic N) is 1. The smallest absolute Gasteiger partial charge is 0.332 e. The molecule has 1 saturated heterocycles. The monoisotopic (exact) mass is 395 g/mol. The maximum Gasteiger partial charge on any atom is 0.332 e. The summed E-state index contributed by atoms with van der Waals surface area (Å²) in [6.45, 7) is 2.84. The Morgan fingerprint density at radius 1 is 0.750 bits per heavy atom. The summed E-state index contributed by atoms with van der Waals surface area (Å²) in [5.41, 5.74) is 0. The molecule has 0 aromatic rings. The number of carbonyl (C=O) groups is 2. The van der Waals surface area contributed by atoms with Gasteiger partial charge in [-0.25, -0.2) is 4.79 Å². The van der Waals surface area contributed by atoms with Gasteiger partial charge in [0, 0.05) is 12.8 Å². The van der Waals surface area contributed by atoms with Gasteiger partial charge in [-0.3, -0.25) is 4.79 Å². The van der Waals surface area contributed by atoms with Crippen LogP contribution in [0.3, 0.4) is 0 Å². The minimum absolute atomic E-state index is 0.0595. The zero-order valence-electron chi connectivity index (χ0n) is 18.5. The van der Waals surface area contributed by atoms with Crippen LogP contribution in [0.1, 0.15) is 135 Å². The van der Waals surface area contributed by atoms with Crippen LogP contribution in [0.5, 0.6) is 0 Å². The van der Waals surface area contributed by atoms with Gasteiger partial charge in [-0.1, -0.05) is 110 Å². The van der Waals surface area contributed by atoms with Gasteiger partial charge in [-0.05, 0) is 12.8 Å². The number of hydrogen-bond donors (Lipinski definition) is 0. The van der Waals surface area contributed by atoms with E-state index in [9.17, 15) is 9.59 Å². The van der Waals surface area contributed by atoms with Gasteiger partial charge in [-0.2, -0.15) is 5.06 Å². The molecule has 0 atom stereocenters. The van der Waals surface area contributed by atoms with Crippen LogP contribution >= 0.6 is 0 Å². The molecule has 1 aliphatic rings. The number of unbranched alkanes of at least 4 members (excludes halogenated alkanes) is 16. The summed E-state index contributed by atoms with van der Waals surface area (Å²) in [6.07, 6.45) is 24.4. The summed E-state index contributed by atoms with van der Waals surface area (Å²) in [4.78, 5) is 28.2. The quantitative estimate of drug-likeness (QED) is 0.219. The Morgan fingerprint density at radius 2 is 1.18 bits per heavy atom. The molecule has 0 saturated carbocycles. The minimum Gasteiger partial charge on any atom is -0.338 e. The van der Waals surface area contributed by atoms with Crippen LogP contribution in [0.2, 0.25) is 0 Å². The highest BCUT2D eigenvalue weighted by molar-refractivity contribution is 5.79. The molecular formula is C24H45NO3. The van der Waals surface area contributed by atoms with Gasteiger partial charge in [0.05, 0.1) is 6.54 Å². The summed E-state index contributed by atoms with van der Waals surface area (Å²) in [5, 5.41) is 1.23. The van der Waals surface area contributed by atoms with Crippen molar-refractivity contribution in [2.75, 3.05) is 6.54 Å². The summed E-state index contributed by atoms with van der Waals surface area (Å²) in [6, 6.07) is 0. The highest BCUT2D eigenvalue weighted by atomic mass is 16.7. The molecule has 0 radical (unpaired) electrons. The molecule has 1 amide bonds. The molecule has 1 aliphatic heterocycles. The molecule has 0 unspecified atom stereocenters. The van der Waals surface area contributed by atoms with Crippen molar-refractivity contribution in [1.82, 2.24) is 5.06 Å². The fourth-order valence-corrected chi connectivity index (χ4v) is 3.88. The van der Waals surface area contributed by atoms with E-state index in [1.54, 1.807) is 0 Å². The van der Waals surface area contributed by atoms with Gasteiger partial charge in [0.15, 0.2) is 0 Å². The fourth-order valence-electron chi connectivity index (χ4n) is 3.88. The Bertz CT molecular complexity index is 397. The van der Waals surface area contributed by atoms with Crippen molar-refractivity contribution in [1.29, 1.82) is 0 Å². The fraction of sp³-hybridized carbons (Fsp3) is 0.917. The Labute approximate surface area is 173 Å². The number of hydroxylamine groups is 2. The highest BCUT2D eigenvalue weighted by Gasteiger charge is 2.23. The van der Waals surface area contributed by atoms with E-state index < -0.39 is 0 Å². The molecule has 0 bridgehead atoms. The second-order valence-electron chi connectivity index (χ2n) is 8.47. The van der Waals surface area contributed by atoms with E-state index in [-0.39, 0.29) is 11.9 Å². The Hall–Kier alpha value is -1.06. The maximum atomic E-state index is 11.7. The van der Waals surface area contributed by atoms with Crippen molar-refractivity contribution in [2.45, 2.75) is 135 Å². The first kappa shape index (κ1) is 25.0. The first-order chi connectivity index (χ1) is 13.7. The minimum atomic E-state index is -0.254. The van der Waals surface area contributed by atoms with Crippen molar-refractivity contribution in [3.63, 3.8) is 0 Å². The van der Waals surface area contributed by atoms with E-state index in [0.29, 0.717) is 19.4 Å². The topological polar surface area (TPSA) is 46.6 Å². The number of hydrogen-bond acceptors (Lipinski definition) is 3. The van der Waals surface area contributed by atoms with Gasteiger partial charge in [0.25, 0.3) is 5.91 Å². The van der Waals surface area contributed by atoms with Crippen LogP contribution in [-0.2, 0) is 14.4 Å². The molecule has 1 rings (SSSR count). The predicted octanol–water partition coefficient (Wildman–Crippen LogP) is 7.11. The lowest BCUT2D eigenvalue weighted by Gasteiger charge is -2.14. The summed E-state index contributed by atoms with van der Waals surface area (Å²) in [7, 11) is 0. The average molecular weight is 396 g/mol. The molecule has 1 heterocycles. The zero-order chi connectivity index (χ0) is 20.3. The van der Waals surface area contributed by atoms with Crippen molar-refractivity contribution in [2.24, 2.45) is 0 Å². The van der Waals surface area contributed by atoms with Gasteiger partial charge in [0.2, 0.25) is 0 Å². The van der Waals surface area contributed by atoms with Crippen molar-refractivity contribution < 1.29 is 14.4 Å². The van der Waals surface area contributed by atoms with E-state index in [2.05, 4.69) is 6.92 Å². The molecule has 0 aromatic heterocycles. The third kappa shape index (κ3) is 14.0. The van der Waals surface area contributed by atoms with Crippen LogP contribution in [0, 0.1) is 0 Å². The van der Waals surface area contributed by atoms with Crippen molar-refractivity contribution in [3.05, 3.63) is 0 Å². The first-order valence-corrected chi connectivity index (χ1v) is 12.2. The standard InChI is InChI=1S/C24H45NO3/c1-2-3-4-5-6-7-8-9-10-11-12-13-14-15-16-17-18-21-24(27)28-25-22-19-20-23(25)26/h2-22H2,1H3. The molecule has 164 valence electrons. The Balaban J connectivity index is 1.73. The lowest BCUT2D eigenvalue weighted by atomic mass is 10.0. The lowest BCUT2D eigenvalue weighted by molar-refractivity contribution is -0.192. The van der Waals surface area contributed by atoms with E-state index in [0.717, 1.165) is 19.3 Å². The third-order valence-corrected chi connectivity index (χ3v) is 5.73. The predicted molar refractivity (Wildman–Crippen MR) is 116 cm³/mol. The second kappa shape index (κ2) is 18.0. The van der Waals surface area contributed by atoms with E-state index in [1.165, 1.54) is 101 Å². The van der Waals surface area contributed by atoms with Crippen molar-refractivity contribution >= 4 is 11.9 Å². The van der Waals surface area contributed by atoms with Crippen LogP contribution in [0.15, 0.2) is 0 Å². The van der Waals surface area contributed by atoms with E-state index in [1.807, 2.05) is 0 Å². The van der Waals surface area contributed by atoms with Crippen LogP contribution in [-0.4, -0.2) is 23.5 Å². The molecule has 0 aliphatic carbocycles. The Morgan fingerprint density at radius 3 is 1.57 bits per heavy atom. The Kier molecular flexibility index (Phi) is 16.1. The number of carbonyl (C=O) groups excluding carboxylic acids is 2. The van der Waals surface area contributed by atoms with Gasteiger partial charge >= 0.3 is 5.97 Å².